The van der Waals surface area contributed by atoms with Crippen LogP contribution in [0.4, 0.5) is 5.00 Å². The van der Waals surface area contributed by atoms with Gasteiger partial charge in [-0.15, -0.1) is 0 Å². The number of rotatable bonds is 1. The minimum Gasteiger partial charge on any atom is -0.374 e. The fourth-order valence-corrected chi connectivity index (χ4v) is 1.97. The van der Waals surface area contributed by atoms with E-state index in [9.17, 15) is 10.1 Å². The Kier molecular flexibility index (Phi) is 2.96. The molecule has 0 aliphatic rings. The lowest BCUT2D eigenvalue weighted by Crippen LogP contribution is -2.17. The van der Waals surface area contributed by atoms with Gasteiger partial charge < -0.3 is 10.3 Å². The summed E-state index contributed by atoms with van der Waals surface area (Å²) in [5.41, 5.74) is 5.75. The van der Waals surface area contributed by atoms with Gasteiger partial charge in [0.1, 0.15) is 5.69 Å². The molecule has 0 aliphatic carbocycles. The lowest BCUT2D eigenvalue weighted by Gasteiger charge is -1.92. The summed E-state index contributed by atoms with van der Waals surface area (Å²) < 4.78 is 1.59. The molecule has 14 heavy (non-hydrogen) atoms. The van der Waals surface area contributed by atoms with Gasteiger partial charge in [0.15, 0.2) is 9.91 Å². The summed E-state index contributed by atoms with van der Waals surface area (Å²) in [6.07, 6.45) is 0. The number of aromatic nitrogens is 1. The standard InChI is InChI=1S/C6H8N4O2S2/c1-3-4(10(11)12)14-6(9(3)2)8-5(7)13/h1-2H3,(H2,7,13). The van der Waals surface area contributed by atoms with Gasteiger partial charge in [-0.25, -0.2) is 0 Å². The number of nitrogens with two attached hydrogens (primary N) is 1. The molecule has 0 bridgehead atoms. The SMILES string of the molecule is Cc1c([N+](=O)[O-])sc(=NC(N)=S)n1C. The first-order valence-corrected chi connectivity index (χ1v) is 4.81. The second kappa shape index (κ2) is 3.84. The molecule has 1 rings (SSSR count). The van der Waals surface area contributed by atoms with E-state index in [1.807, 2.05) is 0 Å². The van der Waals surface area contributed by atoms with Crippen molar-refractivity contribution in [3.63, 3.8) is 0 Å². The van der Waals surface area contributed by atoms with E-state index in [1.165, 1.54) is 0 Å². The molecule has 0 aromatic carbocycles. The summed E-state index contributed by atoms with van der Waals surface area (Å²) >= 11 is 5.54. The van der Waals surface area contributed by atoms with Gasteiger partial charge >= 0.3 is 5.00 Å². The van der Waals surface area contributed by atoms with Crippen LogP contribution in [0.2, 0.25) is 0 Å². The van der Waals surface area contributed by atoms with Crippen molar-refractivity contribution in [1.82, 2.24) is 4.57 Å². The second-order valence-corrected chi connectivity index (χ2v) is 3.92. The van der Waals surface area contributed by atoms with Crippen LogP contribution in [0, 0.1) is 17.0 Å². The first kappa shape index (κ1) is 10.8. The van der Waals surface area contributed by atoms with E-state index in [-0.39, 0.29) is 10.1 Å². The molecule has 0 saturated heterocycles. The van der Waals surface area contributed by atoms with Gasteiger partial charge in [0, 0.05) is 7.05 Å². The van der Waals surface area contributed by atoms with E-state index in [1.54, 1.807) is 18.5 Å². The Bertz CT molecular complexity index is 459. The molecular formula is C6H8N4O2S2. The smallest absolute Gasteiger partial charge is 0.346 e. The molecule has 2 N–H and O–H groups in total. The van der Waals surface area contributed by atoms with E-state index in [4.69, 9.17) is 5.73 Å². The molecule has 1 heterocycles. The predicted octanol–water partition coefficient (Wildman–Crippen LogP) is 0.448. The summed E-state index contributed by atoms with van der Waals surface area (Å²) in [6.45, 7) is 1.65. The highest BCUT2D eigenvalue weighted by atomic mass is 32.1. The molecule has 0 unspecified atom stereocenters. The number of nitro groups is 1. The van der Waals surface area contributed by atoms with Crippen LogP contribution in [0.3, 0.4) is 0 Å². The molecule has 6 nitrogen and oxygen atoms in total. The number of thiazole rings is 1. The van der Waals surface area contributed by atoms with Gasteiger partial charge in [-0.05, 0) is 30.5 Å². The topological polar surface area (TPSA) is 86.4 Å². The van der Waals surface area contributed by atoms with Crippen LogP contribution in [-0.4, -0.2) is 14.6 Å². The van der Waals surface area contributed by atoms with Crippen LogP contribution in [0.15, 0.2) is 4.99 Å². The Balaban J connectivity index is 3.43. The third-order valence-corrected chi connectivity index (χ3v) is 2.94. The Morgan fingerprint density at radius 2 is 2.36 bits per heavy atom. The molecule has 0 aliphatic heterocycles. The second-order valence-electron chi connectivity index (χ2n) is 2.54. The van der Waals surface area contributed by atoms with Gasteiger partial charge in [-0.2, -0.15) is 4.99 Å². The third-order valence-electron chi connectivity index (χ3n) is 1.66. The van der Waals surface area contributed by atoms with E-state index >= 15 is 0 Å². The largest absolute Gasteiger partial charge is 0.374 e. The van der Waals surface area contributed by atoms with E-state index in [0.717, 1.165) is 11.3 Å². The average Bonchev–Trinajstić information content (AvgIpc) is 2.32. The molecule has 0 radical (unpaired) electrons. The molecule has 0 fully saturated rings. The molecule has 1 aromatic heterocycles. The molecule has 8 heteroatoms. The van der Waals surface area contributed by atoms with Crippen LogP contribution in [0.5, 0.6) is 0 Å². The summed E-state index contributed by atoms with van der Waals surface area (Å²) in [4.78, 5) is 14.4. The summed E-state index contributed by atoms with van der Waals surface area (Å²) in [5.74, 6) is 0. The number of nitrogens with zero attached hydrogens (tertiary/aromatic N) is 3. The van der Waals surface area contributed by atoms with Crippen molar-refractivity contribution in [3.05, 3.63) is 20.6 Å². The van der Waals surface area contributed by atoms with Gasteiger partial charge in [-0.1, -0.05) is 0 Å². The summed E-state index contributed by atoms with van der Waals surface area (Å²) in [6, 6.07) is 0. The van der Waals surface area contributed by atoms with Crippen LogP contribution in [0.1, 0.15) is 5.69 Å². The van der Waals surface area contributed by atoms with Gasteiger partial charge in [0.05, 0.1) is 4.92 Å². The minimum atomic E-state index is -0.446. The van der Waals surface area contributed by atoms with Crippen molar-refractivity contribution in [3.8, 4) is 0 Å². The van der Waals surface area contributed by atoms with Gasteiger partial charge in [-0.3, -0.25) is 10.1 Å². The Morgan fingerprint density at radius 3 is 2.71 bits per heavy atom. The summed E-state index contributed by atoms with van der Waals surface area (Å²) in [7, 11) is 1.68. The van der Waals surface area contributed by atoms with Crippen molar-refractivity contribution in [1.29, 1.82) is 0 Å². The fraction of sp³-hybridized carbons (Fsp3) is 0.333. The van der Waals surface area contributed by atoms with E-state index < -0.39 is 4.92 Å². The van der Waals surface area contributed by atoms with Crippen LogP contribution in [0.25, 0.3) is 0 Å². The molecular weight excluding hydrogens is 224 g/mol. The first-order chi connectivity index (χ1) is 6.43. The Hall–Kier alpha value is -1.28. The normalized spacial score (nSPS) is 11.7. The molecule has 0 atom stereocenters. The Morgan fingerprint density at radius 1 is 1.79 bits per heavy atom. The van der Waals surface area contributed by atoms with Crippen LogP contribution in [-0.2, 0) is 7.05 Å². The van der Waals surface area contributed by atoms with Crippen LogP contribution >= 0.6 is 23.6 Å². The zero-order valence-corrected chi connectivity index (χ0v) is 9.18. The van der Waals surface area contributed by atoms with E-state index in [2.05, 4.69) is 17.2 Å². The zero-order chi connectivity index (χ0) is 10.9. The number of thiocarbonyl (C=S) groups is 1. The van der Waals surface area contributed by atoms with Crippen molar-refractivity contribution in [2.75, 3.05) is 0 Å². The maximum Gasteiger partial charge on any atom is 0.346 e. The highest BCUT2D eigenvalue weighted by Crippen LogP contribution is 2.19. The first-order valence-electron chi connectivity index (χ1n) is 3.58. The van der Waals surface area contributed by atoms with Gasteiger partial charge in [0.25, 0.3) is 0 Å². The molecule has 76 valence electrons. The van der Waals surface area contributed by atoms with Crippen molar-refractivity contribution < 1.29 is 4.92 Å². The predicted molar refractivity (Wildman–Crippen MR) is 57.0 cm³/mol. The molecule has 0 saturated carbocycles. The maximum atomic E-state index is 10.6. The van der Waals surface area contributed by atoms with E-state index in [0.29, 0.717) is 10.5 Å². The lowest BCUT2D eigenvalue weighted by atomic mass is 10.5. The minimum absolute atomic E-state index is 0.0308. The highest BCUT2D eigenvalue weighted by Gasteiger charge is 2.16. The maximum absolute atomic E-state index is 10.6. The fourth-order valence-electron chi connectivity index (χ4n) is 0.877. The Labute approximate surface area is 88.8 Å². The zero-order valence-electron chi connectivity index (χ0n) is 7.55. The quantitative estimate of drug-likeness (QED) is 0.432. The number of hydrogen-bond acceptors (Lipinski definition) is 4. The van der Waals surface area contributed by atoms with Gasteiger partial charge in [0.2, 0.25) is 0 Å². The lowest BCUT2D eigenvalue weighted by molar-refractivity contribution is -0.381. The van der Waals surface area contributed by atoms with Crippen molar-refractivity contribution >= 4 is 33.7 Å². The monoisotopic (exact) mass is 232 g/mol. The molecule has 0 spiro atoms. The molecule has 0 amide bonds. The van der Waals surface area contributed by atoms with Crippen LogP contribution < -0.4 is 10.5 Å². The van der Waals surface area contributed by atoms with Crippen molar-refractivity contribution in [2.24, 2.45) is 17.8 Å². The highest BCUT2D eigenvalue weighted by molar-refractivity contribution is 7.80. The third kappa shape index (κ3) is 1.96. The molecule has 1 aromatic rings. The van der Waals surface area contributed by atoms with Crippen molar-refractivity contribution in [2.45, 2.75) is 6.92 Å². The summed E-state index contributed by atoms with van der Waals surface area (Å²) in [5, 5.41) is 10.6. The number of hydrogen-bond donors (Lipinski definition) is 1. The average molecular weight is 232 g/mol.